The van der Waals surface area contributed by atoms with E-state index in [1.165, 1.54) is 0 Å². The number of aromatic nitrogens is 4. The summed E-state index contributed by atoms with van der Waals surface area (Å²) < 4.78 is 14.1. The van der Waals surface area contributed by atoms with Gasteiger partial charge in [-0.25, -0.2) is 18.3 Å². The highest BCUT2D eigenvalue weighted by Gasteiger charge is 2.31. The van der Waals surface area contributed by atoms with Gasteiger partial charge in [0.05, 0.1) is 26.1 Å². The van der Waals surface area contributed by atoms with Crippen LogP contribution in [0.5, 0.6) is 0 Å². The number of hydrogen-bond donors (Lipinski definition) is 0. The van der Waals surface area contributed by atoms with Gasteiger partial charge in [0.2, 0.25) is 12.7 Å². The highest BCUT2D eigenvalue weighted by atomic mass is 16.5. The second kappa shape index (κ2) is 6.59. The Bertz CT molecular complexity index is 578. The van der Waals surface area contributed by atoms with E-state index in [2.05, 4.69) is 47.0 Å². The summed E-state index contributed by atoms with van der Waals surface area (Å²) in [4.78, 5) is 0. The van der Waals surface area contributed by atoms with Crippen molar-refractivity contribution in [3.63, 3.8) is 0 Å². The van der Waals surface area contributed by atoms with E-state index in [0.29, 0.717) is 13.2 Å². The van der Waals surface area contributed by atoms with Gasteiger partial charge in [0.25, 0.3) is 0 Å². The Hall–Kier alpha value is -2.06. The van der Waals surface area contributed by atoms with Crippen LogP contribution in [0.4, 0.5) is 0 Å². The van der Waals surface area contributed by atoms with Gasteiger partial charge in [-0.3, -0.25) is 0 Å². The maximum absolute atomic E-state index is 5.63. The first kappa shape index (κ1) is 15.3. The molecule has 0 N–H and O–H groups in total. The Morgan fingerprint density at radius 2 is 1.62 bits per heavy atom. The van der Waals surface area contributed by atoms with Gasteiger partial charge in [-0.1, -0.05) is 5.92 Å². The predicted molar refractivity (Wildman–Crippen MR) is 79.0 cm³/mol. The van der Waals surface area contributed by atoms with E-state index in [1.807, 2.05) is 35.6 Å². The van der Waals surface area contributed by atoms with Crippen LogP contribution in [0.1, 0.15) is 6.92 Å². The maximum Gasteiger partial charge on any atom is 0.243 e. The number of nitrogens with zero attached hydrogens (tertiary/aromatic N) is 4. The first-order valence-electron chi connectivity index (χ1n) is 7.04. The summed E-state index contributed by atoms with van der Waals surface area (Å²) in [5, 5.41) is 0. The van der Waals surface area contributed by atoms with Crippen LogP contribution in [0, 0.1) is 17.8 Å². The number of hydrogen-bond acceptors (Lipinski definition) is 1. The molecular formula is C16H24N4O+2. The van der Waals surface area contributed by atoms with Crippen LogP contribution in [0.3, 0.4) is 0 Å². The highest BCUT2D eigenvalue weighted by Crippen LogP contribution is 2.22. The third-order valence-corrected chi connectivity index (χ3v) is 3.41. The average molecular weight is 288 g/mol. The van der Waals surface area contributed by atoms with Gasteiger partial charge in [0, 0.05) is 0 Å². The first-order valence-corrected chi connectivity index (χ1v) is 7.04. The van der Waals surface area contributed by atoms with Crippen molar-refractivity contribution in [1.29, 1.82) is 0 Å². The number of ether oxygens (including phenoxy) is 1. The van der Waals surface area contributed by atoms with E-state index in [-0.39, 0.29) is 5.41 Å². The number of imidazole rings is 2. The minimum atomic E-state index is -0.0328. The van der Waals surface area contributed by atoms with Crippen LogP contribution >= 0.6 is 0 Å². The van der Waals surface area contributed by atoms with Crippen molar-refractivity contribution in [1.82, 2.24) is 9.13 Å². The van der Waals surface area contributed by atoms with Gasteiger partial charge in [0.15, 0.2) is 0 Å². The SMILES string of the molecule is C#CCOCC(C)(Cn1cc[n+](C)c1)Cn1cc[n+](C)c1. The molecule has 0 saturated carbocycles. The molecule has 0 aliphatic rings. The topological polar surface area (TPSA) is 26.8 Å². The van der Waals surface area contributed by atoms with Crippen molar-refractivity contribution < 1.29 is 13.9 Å². The van der Waals surface area contributed by atoms with E-state index in [4.69, 9.17) is 11.2 Å². The molecule has 21 heavy (non-hydrogen) atoms. The molecule has 2 heterocycles. The predicted octanol–water partition coefficient (Wildman–Crippen LogP) is 0.295. The summed E-state index contributed by atoms with van der Waals surface area (Å²) >= 11 is 0. The lowest BCUT2D eigenvalue weighted by atomic mass is 9.91. The van der Waals surface area contributed by atoms with Gasteiger partial charge < -0.3 is 4.74 Å². The summed E-state index contributed by atoms with van der Waals surface area (Å²) in [6, 6.07) is 0. The molecule has 0 spiro atoms. The van der Waals surface area contributed by atoms with E-state index >= 15 is 0 Å². The zero-order chi connectivity index (χ0) is 15.3. The van der Waals surface area contributed by atoms with Crippen LogP contribution in [-0.2, 0) is 31.9 Å². The molecule has 112 valence electrons. The molecule has 0 atom stereocenters. The molecular weight excluding hydrogens is 264 g/mol. The van der Waals surface area contributed by atoms with Crippen LogP contribution in [0.2, 0.25) is 0 Å². The Morgan fingerprint density at radius 1 is 1.10 bits per heavy atom. The minimum absolute atomic E-state index is 0.0328. The monoisotopic (exact) mass is 288 g/mol. The Kier molecular flexibility index (Phi) is 4.81. The lowest BCUT2D eigenvalue weighted by Gasteiger charge is -2.25. The molecule has 5 heteroatoms. The summed E-state index contributed by atoms with van der Waals surface area (Å²) in [7, 11) is 4.04. The Labute approximate surface area is 126 Å². The second-order valence-electron chi connectivity index (χ2n) is 6.01. The van der Waals surface area contributed by atoms with E-state index in [0.717, 1.165) is 13.1 Å². The Balaban J connectivity index is 2.10. The van der Waals surface area contributed by atoms with Crippen molar-refractivity contribution in [2.75, 3.05) is 13.2 Å². The smallest absolute Gasteiger partial charge is 0.243 e. The fourth-order valence-electron chi connectivity index (χ4n) is 2.57. The third-order valence-electron chi connectivity index (χ3n) is 3.41. The normalized spacial score (nSPS) is 11.5. The largest absolute Gasteiger partial charge is 0.368 e. The van der Waals surface area contributed by atoms with Crippen LogP contribution in [0.15, 0.2) is 37.4 Å². The molecule has 0 aromatic carbocycles. The molecule has 0 unspecified atom stereocenters. The van der Waals surface area contributed by atoms with Gasteiger partial charge in [-0.15, -0.1) is 6.42 Å². The average Bonchev–Trinajstić information content (AvgIpc) is 2.98. The van der Waals surface area contributed by atoms with Crippen LogP contribution in [-0.4, -0.2) is 22.3 Å². The quantitative estimate of drug-likeness (QED) is 0.409. The molecule has 2 rings (SSSR count). The molecule has 0 amide bonds. The maximum atomic E-state index is 5.63. The molecule has 0 saturated heterocycles. The molecule has 0 bridgehead atoms. The van der Waals surface area contributed by atoms with Gasteiger partial charge in [-0.05, 0) is 6.92 Å². The molecule has 2 aromatic rings. The number of rotatable bonds is 7. The molecule has 0 aliphatic carbocycles. The molecule has 0 radical (unpaired) electrons. The van der Waals surface area contributed by atoms with E-state index in [9.17, 15) is 0 Å². The summed E-state index contributed by atoms with van der Waals surface area (Å²) in [6.45, 7) is 4.96. The summed E-state index contributed by atoms with van der Waals surface area (Å²) in [5.74, 6) is 2.53. The fourth-order valence-corrected chi connectivity index (χ4v) is 2.57. The fraction of sp³-hybridized carbons (Fsp3) is 0.500. The van der Waals surface area contributed by atoms with Crippen LogP contribution in [0.25, 0.3) is 0 Å². The first-order chi connectivity index (χ1) is 10.0. The van der Waals surface area contributed by atoms with Crippen molar-refractivity contribution in [3.05, 3.63) is 37.4 Å². The summed E-state index contributed by atoms with van der Waals surface area (Å²) in [6.07, 6.45) is 17.7. The highest BCUT2D eigenvalue weighted by molar-refractivity contribution is 4.85. The number of aryl methyl sites for hydroxylation is 2. The molecule has 0 aliphatic heterocycles. The van der Waals surface area contributed by atoms with Gasteiger partial charge in [-0.2, -0.15) is 0 Å². The summed E-state index contributed by atoms with van der Waals surface area (Å²) in [5.41, 5.74) is -0.0328. The van der Waals surface area contributed by atoms with Gasteiger partial charge >= 0.3 is 0 Å². The van der Waals surface area contributed by atoms with Crippen molar-refractivity contribution in [2.45, 2.75) is 20.0 Å². The van der Waals surface area contributed by atoms with Crippen molar-refractivity contribution >= 4 is 0 Å². The zero-order valence-corrected chi connectivity index (χ0v) is 13.1. The third kappa shape index (κ3) is 4.47. The molecule has 2 aromatic heterocycles. The van der Waals surface area contributed by atoms with Crippen molar-refractivity contribution in [2.24, 2.45) is 19.5 Å². The Morgan fingerprint density at radius 3 is 2.00 bits per heavy atom. The number of terminal acetylenes is 1. The standard InChI is InChI=1S/C16H24N4O/c1-5-10-21-13-16(2,11-19-8-6-17(3)14-19)12-20-9-7-18(4)15-20/h1,6-9,14-15H,10-13H2,2-4H3/q+2. The van der Waals surface area contributed by atoms with Gasteiger partial charge in [0.1, 0.15) is 44.5 Å². The van der Waals surface area contributed by atoms with E-state index < -0.39 is 0 Å². The lowest BCUT2D eigenvalue weighted by Crippen LogP contribution is -2.35. The van der Waals surface area contributed by atoms with Crippen LogP contribution < -0.4 is 9.13 Å². The van der Waals surface area contributed by atoms with Crippen molar-refractivity contribution in [3.8, 4) is 12.3 Å². The molecule has 0 fully saturated rings. The zero-order valence-electron chi connectivity index (χ0n) is 13.1. The van der Waals surface area contributed by atoms with E-state index in [1.54, 1.807) is 0 Å². The lowest BCUT2D eigenvalue weighted by molar-refractivity contribution is -0.671. The minimum Gasteiger partial charge on any atom is -0.368 e. The second-order valence-corrected chi connectivity index (χ2v) is 6.01. The molecule has 5 nitrogen and oxygen atoms in total.